The van der Waals surface area contributed by atoms with Crippen molar-refractivity contribution in [1.29, 1.82) is 0 Å². The molecule has 0 fully saturated rings. The maximum Gasteiger partial charge on any atom is 0.303 e. The molecular formula is C13H17NO4S. The van der Waals surface area contributed by atoms with Gasteiger partial charge in [-0.15, -0.1) is 0 Å². The second-order valence-electron chi connectivity index (χ2n) is 4.99. The van der Waals surface area contributed by atoms with Crippen LogP contribution in [0.4, 0.5) is 5.69 Å². The third-order valence-electron chi connectivity index (χ3n) is 3.42. The summed E-state index contributed by atoms with van der Waals surface area (Å²) in [4.78, 5) is 10.9. The zero-order chi connectivity index (χ0) is 14.2. The Morgan fingerprint density at radius 3 is 2.63 bits per heavy atom. The van der Waals surface area contributed by atoms with Crippen molar-refractivity contribution in [3.05, 3.63) is 23.3 Å². The Kier molecular flexibility index (Phi) is 3.54. The second-order valence-corrected chi connectivity index (χ2v) is 6.99. The van der Waals surface area contributed by atoms with E-state index in [1.54, 1.807) is 6.07 Å². The SMILES string of the molecule is Cc1cc2c(cc1C)S(=O)(=O)CC(CCC(=O)O)N2. The quantitative estimate of drug-likeness (QED) is 0.882. The van der Waals surface area contributed by atoms with Crippen LogP contribution in [0.1, 0.15) is 24.0 Å². The number of carbonyl (C=O) groups is 1. The number of hydrogen-bond donors (Lipinski definition) is 2. The number of carboxylic acid groups (broad SMARTS) is 1. The van der Waals surface area contributed by atoms with Gasteiger partial charge in [0.25, 0.3) is 0 Å². The summed E-state index contributed by atoms with van der Waals surface area (Å²) in [6, 6.07) is 3.16. The molecule has 5 nitrogen and oxygen atoms in total. The minimum Gasteiger partial charge on any atom is -0.481 e. The zero-order valence-electron chi connectivity index (χ0n) is 10.9. The highest BCUT2D eigenvalue weighted by molar-refractivity contribution is 7.91. The summed E-state index contributed by atoms with van der Waals surface area (Å²) in [5, 5.41) is 11.8. The van der Waals surface area contributed by atoms with Crippen molar-refractivity contribution in [2.24, 2.45) is 0 Å². The summed E-state index contributed by atoms with van der Waals surface area (Å²) in [5.74, 6) is -0.958. The van der Waals surface area contributed by atoms with E-state index in [0.717, 1.165) is 11.1 Å². The molecule has 2 N–H and O–H groups in total. The molecule has 1 unspecified atom stereocenters. The van der Waals surface area contributed by atoms with Gasteiger partial charge in [0.15, 0.2) is 9.84 Å². The zero-order valence-corrected chi connectivity index (χ0v) is 11.8. The average Bonchev–Trinajstić information content (AvgIpc) is 2.28. The van der Waals surface area contributed by atoms with Gasteiger partial charge in [0, 0.05) is 12.5 Å². The second kappa shape index (κ2) is 4.85. The minimum absolute atomic E-state index is 0.0344. The van der Waals surface area contributed by atoms with Crippen molar-refractivity contribution >= 4 is 21.5 Å². The van der Waals surface area contributed by atoms with Gasteiger partial charge < -0.3 is 10.4 Å². The molecular weight excluding hydrogens is 266 g/mol. The molecule has 0 saturated carbocycles. The van der Waals surface area contributed by atoms with E-state index in [1.165, 1.54) is 0 Å². The van der Waals surface area contributed by atoms with Crippen molar-refractivity contribution < 1.29 is 18.3 Å². The van der Waals surface area contributed by atoms with Gasteiger partial charge >= 0.3 is 5.97 Å². The number of aliphatic carboxylic acids is 1. The highest BCUT2D eigenvalue weighted by Gasteiger charge is 2.30. The molecule has 0 amide bonds. The van der Waals surface area contributed by atoms with Crippen molar-refractivity contribution in [2.45, 2.75) is 37.6 Å². The summed E-state index contributed by atoms with van der Waals surface area (Å²) in [6.07, 6.45) is 0.272. The Morgan fingerprint density at radius 2 is 2.00 bits per heavy atom. The highest BCUT2D eigenvalue weighted by Crippen LogP contribution is 2.32. The van der Waals surface area contributed by atoms with Gasteiger partial charge in [-0.1, -0.05) is 0 Å². The summed E-state index contributed by atoms with van der Waals surface area (Å²) in [5.41, 5.74) is 2.54. The average molecular weight is 283 g/mol. The first kappa shape index (κ1) is 13.9. The molecule has 1 aromatic rings. The summed E-state index contributed by atoms with van der Waals surface area (Å²) < 4.78 is 24.4. The van der Waals surface area contributed by atoms with Gasteiger partial charge in [-0.25, -0.2) is 8.42 Å². The smallest absolute Gasteiger partial charge is 0.303 e. The third-order valence-corrected chi connectivity index (χ3v) is 5.27. The van der Waals surface area contributed by atoms with Crippen LogP contribution in [0.15, 0.2) is 17.0 Å². The molecule has 0 radical (unpaired) electrons. The van der Waals surface area contributed by atoms with Crippen LogP contribution in [0.25, 0.3) is 0 Å². The first-order valence-corrected chi connectivity index (χ1v) is 7.77. The topological polar surface area (TPSA) is 83.5 Å². The van der Waals surface area contributed by atoms with E-state index in [0.29, 0.717) is 17.0 Å². The molecule has 6 heteroatoms. The van der Waals surface area contributed by atoms with Crippen LogP contribution in [-0.4, -0.2) is 31.3 Å². The van der Waals surface area contributed by atoms with E-state index < -0.39 is 15.8 Å². The van der Waals surface area contributed by atoms with Crippen LogP contribution in [0.2, 0.25) is 0 Å². The number of fused-ring (bicyclic) bond motifs is 1. The number of anilines is 1. The molecule has 19 heavy (non-hydrogen) atoms. The molecule has 1 heterocycles. The lowest BCUT2D eigenvalue weighted by Crippen LogP contribution is -2.34. The van der Waals surface area contributed by atoms with E-state index in [1.807, 2.05) is 19.9 Å². The van der Waals surface area contributed by atoms with Crippen molar-refractivity contribution in [1.82, 2.24) is 0 Å². The summed E-state index contributed by atoms with van der Waals surface area (Å²) >= 11 is 0. The van der Waals surface area contributed by atoms with Gasteiger partial charge in [-0.2, -0.15) is 0 Å². The number of carboxylic acids is 1. The number of benzene rings is 1. The van der Waals surface area contributed by atoms with Crippen LogP contribution >= 0.6 is 0 Å². The Hall–Kier alpha value is -1.56. The molecule has 104 valence electrons. The summed E-state index contributed by atoms with van der Waals surface area (Å²) in [6.45, 7) is 3.80. The predicted molar refractivity (Wildman–Crippen MR) is 72.2 cm³/mol. The molecule has 0 aromatic heterocycles. The molecule has 0 bridgehead atoms. The van der Waals surface area contributed by atoms with Crippen LogP contribution < -0.4 is 5.32 Å². The van der Waals surface area contributed by atoms with E-state index in [2.05, 4.69) is 5.32 Å². The Morgan fingerprint density at radius 1 is 1.37 bits per heavy atom. The molecule has 1 aromatic carbocycles. The fourth-order valence-electron chi connectivity index (χ4n) is 2.23. The number of rotatable bonds is 3. The maximum atomic E-state index is 12.2. The van der Waals surface area contributed by atoms with E-state index in [9.17, 15) is 13.2 Å². The normalized spacial score (nSPS) is 20.4. The number of nitrogens with one attached hydrogen (secondary N) is 1. The van der Waals surface area contributed by atoms with Crippen molar-refractivity contribution in [3.8, 4) is 0 Å². The fourth-order valence-corrected chi connectivity index (χ4v) is 4.00. The third kappa shape index (κ3) is 2.89. The monoisotopic (exact) mass is 283 g/mol. The van der Waals surface area contributed by atoms with Gasteiger partial charge in [0.1, 0.15) is 0 Å². The molecule has 0 aliphatic carbocycles. The molecule has 0 saturated heterocycles. The van der Waals surface area contributed by atoms with E-state index >= 15 is 0 Å². The molecule has 0 spiro atoms. The number of sulfone groups is 1. The van der Waals surface area contributed by atoms with Gasteiger partial charge in [-0.3, -0.25) is 4.79 Å². The Balaban J connectivity index is 2.33. The van der Waals surface area contributed by atoms with Crippen molar-refractivity contribution in [2.75, 3.05) is 11.1 Å². The lowest BCUT2D eigenvalue weighted by molar-refractivity contribution is -0.137. The van der Waals surface area contributed by atoms with Crippen LogP contribution in [-0.2, 0) is 14.6 Å². The number of hydrogen-bond acceptors (Lipinski definition) is 4. The molecule has 1 atom stereocenters. The standard InChI is InChI=1S/C13H17NO4S/c1-8-5-11-12(6-9(8)2)19(17,18)7-10(14-11)3-4-13(15)16/h5-6,10,14H,3-4,7H2,1-2H3,(H,15,16). The van der Waals surface area contributed by atoms with Crippen LogP contribution in [0.3, 0.4) is 0 Å². The lowest BCUT2D eigenvalue weighted by atomic mass is 10.1. The minimum atomic E-state index is -3.33. The molecule has 1 aliphatic heterocycles. The predicted octanol–water partition coefficient (Wildman–Crippen LogP) is 1.74. The maximum absolute atomic E-state index is 12.2. The van der Waals surface area contributed by atoms with Gasteiger partial charge in [0.2, 0.25) is 0 Å². The first-order valence-electron chi connectivity index (χ1n) is 6.12. The van der Waals surface area contributed by atoms with E-state index in [-0.39, 0.29) is 18.2 Å². The molecule has 2 rings (SSSR count). The van der Waals surface area contributed by atoms with Crippen molar-refractivity contribution in [3.63, 3.8) is 0 Å². The largest absolute Gasteiger partial charge is 0.481 e. The molecule has 1 aliphatic rings. The van der Waals surface area contributed by atoms with Gasteiger partial charge in [-0.05, 0) is 43.5 Å². The van der Waals surface area contributed by atoms with Gasteiger partial charge in [0.05, 0.1) is 16.3 Å². The lowest BCUT2D eigenvalue weighted by Gasteiger charge is -2.27. The Labute approximate surface area is 112 Å². The Bertz CT molecular complexity index is 622. The fraction of sp³-hybridized carbons (Fsp3) is 0.462. The van der Waals surface area contributed by atoms with Crippen LogP contribution in [0, 0.1) is 13.8 Å². The summed E-state index contributed by atoms with van der Waals surface area (Å²) in [7, 11) is -3.33. The highest BCUT2D eigenvalue weighted by atomic mass is 32.2. The van der Waals surface area contributed by atoms with Crippen LogP contribution in [0.5, 0.6) is 0 Å². The first-order chi connectivity index (χ1) is 8.79. The number of aryl methyl sites for hydroxylation is 2. The van der Waals surface area contributed by atoms with E-state index in [4.69, 9.17) is 5.11 Å².